The van der Waals surface area contributed by atoms with E-state index in [1.54, 1.807) is 18.2 Å². The molecule has 2 aromatic rings. The smallest absolute Gasteiger partial charge is 0.333 e. The normalized spacial score (nSPS) is 20.2. The van der Waals surface area contributed by atoms with Crippen molar-refractivity contribution >= 4 is 29.6 Å². The minimum absolute atomic E-state index is 0.267. The van der Waals surface area contributed by atoms with Crippen LogP contribution in [0.3, 0.4) is 0 Å². The van der Waals surface area contributed by atoms with Crippen molar-refractivity contribution in [2.45, 2.75) is 28.0 Å². The second-order valence-corrected chi connectivity index (χ2v) is 8.62. The van der Waals surface area contributed by atoms with E-state index in [2.05, 4.69) is 10.6 Å². The Balaban J connectivity index is 1.13. The van der Waals surface area contributed by atoms with Crippen molar-refractivity contribution in [1.29, 1.82) is 0 Å². The van der Waals surface area contributed by atoms with Crippen molar-refractivity contribution in [3.8, 4) is 11.5 Å². The maximum absolute atomic E-state index is 12.5. The van der Waals surface area contributed by atoms with Gasteiger partial charge in [0.2, 0.25) is 0 Å². The van der Waals surface area contributed by atoms with Gasteiger partial charge in [0, 0.05) is 12.0 Å². The maximum atomic E-state index is 12.5. The molecule has 9 nitrogen and oxygen atoms in total. The van der Waals surface area contributed by atoms with Crippen LogP contribution in [0.25, 0.3) is 0 Å². The Labute approximate surface area is 187 Å². The Morgan fingerprint density at radius 3 is 2.72 bits per heavy atom. The number of hydrogen-bond donors (Lipinski definition) is 2. The summed E-state index contributed by atoms with van der Waals surface area (Å²) in [6.07, 6.45) is 0.267. The number of fused-ring (bicyclic) bond motifs is 2. The van der Waals surface area contributed by atoms with Crippen molar-refractivity contribution < 1.29 is 33.3 Å². The highest BCUT2D eigenvalue weighted by Crippen LogP contribution is 2.46. The van der Waals surface area contributed by atoms with E-state index in [1.165, 1.54) is 11.8 Å². The molecule has 1 amide bonds. The molecule has 3 aliphatic heterocycles. The molecule has 0 bridgehead atoms. The quantitative estimate of drug-likeness (QED) is 0.449. The topological polar surface area (TPSA) is 112 Å². The number of ether oxygens (including phenoxy) is 4. The molecule has 3 aliphatic rings. The molecule has 32 heavy (non-hydrogen) atoms. The van der Waals surface area contributed by atoms with Crippen LogP contribution in [0.5, 0.6) is 11.5 Å². The van der Waals surface area contributed by atoms with Crippen LogP contribution in [0.15, 0.2) is 52.3 Å². The van der Waals surface area contributed by atoms with Crippen molar-refractivity contribution in [2.24, 2.45) is 0 Å². The molecule has 1 spiro atoms. The SMILES string of the molecule is O=C(CNC(=O)c1ccc2c(c1)Sc1ccccc1O2)OC(=O)C1CC2(CN1)OCCO2. The van der Waals surface area contributed by atoms with Gasteiger partial charge < -0.3 is 24.3 Å². The van der Waals surface area contributed by atoms with Gasteiger partial charge in [-0.1, -0.05) is 23.9 Å². The average molecular weight is 456 g/mol. The van der Waals surface area contributed by atoms with E-state index < -0.39 is 36.2 Å². The van der Waals surface area contributed by atoms with Crippen LogP contribution in [0.4, 0.5) is 0 Å². The lowest BCUT2D eigenvalue weighted by Crippen LogP contribution is -2.37. The third kappa shape index (κ3) is 4.22. The third-order valence-electron chi connectivity index (χ3n) is 5.33. The zero-order chi connectivity index (χ0) is 22.1. The van der Waals surface area contributed by atoms with Crippen molar-refractivity contribution in [1.82, 2.24) is 10.6 Å². The zero-order valence-electron chi connectivity index (χ0n) is 16.9. The van der Waals surface area contributed by atoms with Crippen LogP contribution in [0.2, 0.25) is 0 Å². The molecule has 10 heteroatoms. The highest BCUT2D eigenvalue weighted by atomic mass is 32.2. The molecular weight excluding hydrogens is 436 g/mol. The Bertz CT molecular complexity index is 1080. The van der Waals surface area contributed by atoms with Crippen LogP contribution in [-0.4, -0.2) is 56.0 Å². The molecule has 166 valence electrons. The van der Waals surface area contributed by atoms with E-state index in [4.69, 9.17) is 18.9 Å². The van der Waals surface area contributed by atoms with Crippen molar-refractivity contribution in [3.63, 3.8) is 0 Å². The van der Waals surface area contributed by atoms with E-state index in [-0.39, 0.29) is 6.42 Å². The summed E-state index contributed by atoms with van der Waals surface area (Å²) in [4.78, 5) is 38.5. The number of hydrogen-bond acceptors (Lipinski definition) is 9. The molecule has 3 heterocycles. The molecule has 2 fully saturated rings. The summed E-state index contributed by atoms with van der Waals surface area (Å²) in [5.41, 5.74) is 0.369. The largest absolute Gasteiger partial charge is 0.455 e. The van der Waals surface area contributed by atoms with Gasteiger partial charge in [-0.25, -0.2) is 9.59 Å². The first-order valence-corrected chi connectivity index (χ1v) is 11.0. The summed E-state index contributed by atoms with van der Waals surface area (Å²) in [6.45, 7) is 0.851. The highest BCUT2D eigenvalue weighted by molar-refractivity contribution is 7.99. The standard InChI is InChI=1S/C22H20N2O7S/c25-19(31-21(27)14-10-22(12-24-14)28-7-8-29-22)11-23-20(26)13-5-6-16-18(9-13)32-17-4-2-1-3-15(17)30-16/h1-6,9,14,24H,7-8,10-12H2,(H,23,26). The van der Waals surface area contributed by atoms with Gasteiger partial charge in [-0.15, -0.1) is 0 Å². The monoisotopic (exact) mass is 456 g/mol. The number of carbonyl (C=O) groups excluding carboxylic acids is 3. The first-order valence-electron chi connectivity index (χ1n) is 10.1. The molecule has 0 aromatic heterocycles. The second-order valence-electron chi connectivity index (χ2n) is 7.53. The molecule has 0 aliphatic carbocycles. The lowest BCUT2D eigenvalue weighted by molar-refractivity contribution is -0.163. The van der Waals surface area contributed by atoms with Gasteiger partial charge in [-0.05, 0) is 30.3 Å². The first kappa shape index (κ1) is 21.0. The number of rotatable bonds is 4. The predicted molar refractivity (Wildman–Crippen MR) is 112 cm³/mol. The molecule has 2 N–H and O–H groups in total. The van der Waals surface area contributed by atoms with E-state index in [1.807, 2.05) is 24.3 Å². The number of amides is 1. The average Bonchev–Trinajstić information content (AvgIpc) is 3.45. The summed E-state index contributed by atoms with van der Waals surface area (Å²) in [6, 6.07) is 12.0. The number of carbonyl (C=O) groups is 3. The molecule has 2 aromatic carbocycles. The third-order valence-corrected chi connectivity index (χ3v) is 6.43. The Morgan fingerprint density at radius 1 is 1.09 bits per heavy atom. The molecule has 0 radical (unpaired) electrons. The van der Waals surface area contributed by atoms with Gasteiger partial charge in [-0.2, -0.15) is 0 Å². The zero-order valence-corrected chi connectivity index (χ0v) is 17.7. The lowest BCUT2D eigenvalue weighted by Gasteiger charge is -2.20. The highest BCUT2D eigenvalue weighted by Gasteiger charge is 2.47. The minimum atomic E-state index is -0.844. The maximum Gasteiger partial charge on any atom is 0.333 e. The summed E-state index contributed by atoms with van der Waals surface area (Å²) < 4.78 is 21.8. The molecule has 2 saturated heterocycles. The number of nitrogens with one attached hydrogen (secondary N) is 2. The summed E-state index contributed by atoms with van der Waals surface area (Å²) >= 11 is 1.50. The van der Waals surface area contributed by atoms with E-state index in [0.717, 1.165) is 15.5 Å². The van der Waals surface area contributed by atoms with Crippen LogP contribution in [0.1, 0.15) is 16.8 Å². The Kier molecular flexibility index (Phi) is 5.60. The summed E-state index contributed by atoms with van der Waals surface area (Å²) in [5.74, 6) is -1.42. The summed E-state index contributed by atoms with van der Waals surface area (Å²) in [7, 11) is 0. The van der Waals surface area contributed by atoms with E-state index in [9.17, 15) is 14.4 Å². The fraction of sp³-hybridized carbons (Fsp3) is 0.318. The van der Waals surface area contributed by atoms with Crippen LogP contribution in [-0.2, 0) is 23.8 Å². The van der Waals surface area contributed by atoms with Gasteiger partial charge in [0.1, 0.15) is 24.1 Å². The number of benzene rings is 2. The molecule has 1 unspecified atom stereocenters. The first-order chi connectivity index (χ1) is 15.5. The van der Waals surface area contributed by atoms with Gasteiger partial charge in [0.25, 0.3) is 5.91 Å². The van der Waals surface area contributed by atoms with Gasteiger partial charge in [0.15, 0.2) is 5.79 Å². The number of para-hydroxylation sites is 1. The predicted octanol–water partition coefficient (Wildman–Crippen LogP) is 1.85. The lowest BCUT2D eigenvalue weighted by atomic mass is 10.1. The number of esters is 2. The van der Waals surface area contributed by atoms with Gasteiger partial charge in [0.05, 0.1) is 29.5 Å². The molecule has 5 rings (SSSR count). The van der Waals surface area contributed by atoms with Gasteiger partial charge >= 0.3 is 11.9 Å². The van der Waals surface area contributed by atoms with Crippen molar-refractivity contribution in [3.05, 3.63) is 48.0 Å². The summed E-state index contributed by atoms with van der Waals surface area (Å²) in [5, 5.41) is 5.43. The fourth-order valence-electron chi connectivity index (χ4n) is 3.76. The van der Waals surface area contributed by atoms with Crippen LogP contribution < -0.4 is 15.4 Å². The van der Waals surface area contributed by atoms with E-state index >= 15 is 0 Å². The molecule has 0 saturated carbocycles. The Morgan fingerprint density at radius 2 is 1.88 bits per heavy atom. The van der Waals surface area contributed by atoms with E-state index in [0.29, 0.717) is 31.1 Å². The molecule has 1 atom stereocenters. The van der Waals surface area contributed by atoms with Crippen LogP contribution in [0, 0.1) is 0 Å². The second kappa shape index (κ2) is 8.55. The molecular formula is C22H20N2O7S. The van der Waals surface area contributed by atoms with Crippen LogP contribution >= 0.6 is 11.8 Å². The fourth-order valence-corrected chi connectivity index (χ4v) is 4.75. The Hall–Kier alpha value is -2.92. The van der Waals surface area contributed by atoms with Crippen molar-refractivity contribution in [2.75, 3.05) is 26.3 Å². The minimum Gasteiger partial charge on any atom is -0.455 e. The van der Waals surface area contributed by atoms with Gasteiger partial charge in [-0.3, -0.25) is 10.1 Å².